The average Bonchev–Trinajstić information content (AvgIpc) is 3.50. The average molecular weight is 499 g/mol. The molecule has 0 bridgehead atoms. The maximum Gasteiger partial charge on any atom is 0.260 e. The lowest BCUT2D eigenvalue weighted by Crippen LogP contribution is -2.36. The zero-order valence-electron chi connectivity index (χ0n) is 17.7. The van der Waals surface area contributed by atoms with E-state index in [0.29, 0.717) is 30.2 Å². The van der Waals surface area contributed by atoms with Gasteiger partial charge >= 0.3 is 0 Å². The summed E-state index contributed by atoms with van der Waals surface area (Å²) in [5.74, 6) is 1.22. The molecule has 7 nitrogen and oxygen atoms in total. The molecule has 1 aliphatic heterocycles. The molecule has 3 aromatic heterocycles. The number of nitrogens with zero attached hydrogens (tertiary/aromatic N) is 2. The van der Waals surface area contributed by atoms with E-state index in [1.165, 1.54) is 23.1 Å². The number of thioether (sulfide) groups is 1. The van der Waals surface area contributed by atoms with Gasteiger partial charge in [0.05, 0.1) is 41.5 Å². The van der Waals surface area contributed by atoms with Gasteiger partial charge < -0.3 is 19.9 Å². The van der Waals surface area contributed by atoms with Gasteiger partial charge in [0.15, 0.2) is 0 Å². The first-order chi connectivity index (χ1) is 16.2. The van der Waals surface area contributed by atoms with Crippen LogP contribution in [-0.4, -0.2) is 47.9 Å². The third-order valence-electron chi connectivity index (χ3n) is 5.28. The van der Waals surface area contributed by atoms with Gasteiger partial charge in [0.1, 0.15) is 10.7 Å². The summed E-state index contributed by atoms with van der Waals surface area (Å²) in [4.78, 5) is 36.8. The minimum Gasteiger partial charge on any atom is -0.378 e. The lowest BCUT2D eigenvalue weighted by atomic mass is 10.2. The van der Waals surface area contributed by atoms with Gasteiger partial charge in [-0.25, -0.2) is 4.98 Å². The summed E-state index contributed by atoms with van der Waals surface area (Å²) in [7, 11) is 0. The molecule has 10 heteroatoms. The van der Waals surface area contributed by atoms with Crippen LogP contribution in [0.3, 0.4) is 0 Å². The van der Waals surface area contributed by atoms with Gasteiger partial charge in [-0.2, -0.15) is 0 Å². The van der Waals surface area contributed by atoms with Crippen LogP contribution in [0.15, 0.2) is 52.0 Å². The monoisotopic (exact) mass is 498 g/mol. The van der Waals surface area contributed by atoms with Crippen molar-refractivity contribution in [2.75, 3.05) is 42.3 Å². The van der Waals surface area contributed by atoms with Crippen molar-refractivity contribution in [3.05, 3.63) is 63.3 Å². The molecule has 1 aromatic carbocycles. The van der Waals surface area contributed by atoms with E-state index in [0.717, 1.165) is 39.7 Å². The molecule has 4 heterocycles. The maximum atomic E-state index is 12.7. The van der Waals surface area contributed by atoms with Crippen LogP contribution in [0.2, 0.25) is 0 Å². The predicted molar refractivity (Wildman–Crippen MR) is 138 cm³/mol. The van der Waals surface area contributed by atoms with Crippen molar-refractivity contribution in [3.8, 4) is 10.4 Å². The van der Waals surface area contributed by atoms with Crippen LogP contribution in [0.4, 0.5) is 11.4 Å². The van der Waals surface area contributed by atoms with E-state index in [2.05, 4.69) is 20.2 Å². The SMILES string of the molecule is O=C(CSCc1nc2scc(-c3cccs3)c2c(=O)[nH]1)Nc1ccccc1N1CCOCC1. The Kier molecular flexibility index (Phi) is 6.77. The molecule has 5 rings (SSSR count). The molecule has 0 aliphatic carbocycles. The number of carbonyl (C=O) groups is 1. The highest BCUT2D eigenvalue weighted by Gasteiger charge is 2.16. The first-order valence-electron chi connectivity index (χ1n) is 10.5. The summed E-state index contributed by atoms with van der Waals surface area (Å²) >= 11 is 4.50. The number of nitrogens with one attached hydrogen (secondary N) is 2. The summed E-state index contributed by atoms with van der Waals surface area (Å²) in [6.45, 7) is 2.99. The summed E-state index contributed by atoms with van der Waals surface area (Å²) in [5, 5.41) is 7.63. The number of aromatic nitrogens is 2. The second kappa shape index (κ2) is 10.1. The van der Waals surface area contributed by atoms with E-state index in [-0.39, 0.29) is 17.2 Å². The second-order valence-electron chi connectivity index (χ2n) is 7.48. The number of morpholine rings is 1. The number of hydrogen-bond acceptors (Lipinski definition) is 8. The standard InChI is InChI=1S/C23H22N4O3S3/c28-20(24-16-4-1-2-5-17(16)27-7-9-30-10-8-27)14-31-13-19-25-22(29)21-15(12-33-23(21)26-19)18-6-3-11-32-18/h1-6,11-12H,7-10,13-14H2,(H,24,28)(H,25,26,29). The molecule has 0 saturated carbocycles. The van der Waals surface area contributed by atoms with Crippen molar-refractivity contribution in [2.45, 2.75) is 5.75 Å². The Hall–Kier alpha value is -2.66. The number of carbonyl (C=O) groups excluding carboxylic acids is 1. The number of aromatic amines is 1. The number of ether oxygens (including phenoxy) is 1. The van der Waals surface area contributed by atoms with Gasteiger partial charge in [-0.15, -0.1) is 34.4 Å². The largest absolute Gasteiger partial charge is 0.378 e. The Morgan fingerprint density at radius 3 is 2.85 bits per heavy atom. The number of fused-ring (bicyclic) bond motifs is 1. The molecule has 0 unspecified atom stereocenters. The fourth-order valence-electron chi connectivity index (χ4n) is 3.76. The molecule has 1 saturated heterocycles. The van der Waals surface area contributed by atoms with Crippen LogP contribution < -0.4 is 15.8 Å². The number of hydrogen-bond donors (Lipinski definition) is 2. The number of amides is 1. The van der Waals surface area contributed by atoms with Gasteiger partial charge in [0, 0.05) is 28.9 Å². The number of para-hydroxylation sites is 2. The molecule has 0 spiro atoms. The molecule has 1 amide bonds. The normalized spacial score (nSPS) is 14.0. The molecule has 0 atom stereocenters. The molecule has 4 aromatic rings. The fraction of sp³-hybridized carbons (Fsp3) is 0.261. The van der Waals surface area contributed by atoms with Crippen molar-refractivity contribution < 1.29 is 9.53 Å². The lowest BCUT2D eigenvalue weighted by Gasteiger charge is -2.30. The van der Waals surface area contributed by atoms with Crippen LogP contribution in [0.5, 0.6) is 0 Å². The van der Waals surface area contributed by atoms with Crippen LogP contribution in [-0.2, 0) is 15.3 Å². The first-order valence-corrected chi connectivity index (χ1v) is 13.4. The minimum atomic E-state index is -0.135. The number of H-pyrrole nitrogens is 1. The Morgan fingerprint density at radius 2 is 2.03 bits per heavy atom. The Bertz CT molecular complexity index is 1310. The zero-order chi connectivity index (χ0) is 22.6. The summed E-state index contributed by atoms with van der Waals surface area (Å²) in [6.07, 6.45) is 0. The van der Waals surface area contributed by atoms with Gasteiger partial charge in [0.2, 0.25) is 5.91 Å². The topological polar surface area (TPSA) is 87.3 Å². The molecule has 0 radical (unpaired) electrons. The highest BCUT2D eigenvalue weighted by Crippen LogP contribution is 2.33. The van der Waals surface area contributed by atoms with E-state index < -0.39 is 0 Å². The van der Waals surface area contributed by atoms with Crippen molar-refractivity contribution in [3.63, 3.8) is 0 Å². The van der Waals surface area contributed by atoms with E-state index >= 15 is 0 Å². The zero-order valence-corrected chi connectivity index (χ0v) is 20.2. The molecule has 1 aliphatic rings. The highest BCUT2D eigenvalue weighted by molar-refractivity contribution is 7.99. The Morgan fingerprint density at radius 1 is 1.18 bits per heavy atom. The van der Waals surface area contributed by atoms with Crippen LogP contribution in [0.25, 0.3) is 20.7 Å². The van der Waals surface area contributed by atoms with Gasteiger partial charge in [0.25, 0.3) is 5.56 Å². The second-order valence-corrected chi connectivity index (χ2v) is 10.3. The predicted octanol–water partition coefficient (Wildman–Crippen LogP) is 4.42. The van der Waals surface area contributed by atoms with E-state index in [4.69, 9.17) is 4.74 Å². The molecular formula is C23H22N4O3S3. The molecule has 170 valence electrons. The maximum absolute atomic E-state index is 12.7. The minimum absolute atomic E-state index is 0.0831. The molecular weight excluding hydrogens is 476 g/mol. The lowest BCUT2D eigenvalue weighted by molar-refractivity contribution is -0.113. The van der Waals surface area contributed by atoms with Crippen LogP contribution >= 0.6 is 34.4 Å². The van der Waals surface area contributed by atoms with Gasteiger partial charge in [-0.1, -0.05) is 18.2 Å². The van der Waals surface area contributed by atoms with Crippen molar-refractivity contribution in [2.24, 2.45) is 0 Å². The summed E-state index contributed by atoms with van der Waals surface area (Å²) in [6, 6.07) is 11.8. The van der Waals surface area contributed by atoms with E-state index in [9.17, 15) is 9.59 Å². The van der Waals surface area contributed by atoms with Crippen LogP contribution in [0.1, 0.15) is 5.82 Å². The quantitative estimate of drug-likeness (QED) is 0.392. The van der Waals surface area contributed by atoms with Crippen molar-refractivity contribution in [1.82, 2.24) is 9.97 Å². The molecule has 33 heavy (non-hydrogen) atoms. The Balaban J connectivity index is 1.22. The van der Waals surface area contributed by atoms with Gasteiger partial charge in [-0.3, -0.25) is 9.59 Å². The summed E-state index contributed by atoms with van der Waals surface area (Å²) < 4.78 is 5.43. The highest BCUT2D eigenvalue weighted by atomic mass is 32.2. The third-order valence-corrected chi connectivity index (χ3v) is 8.00. The van der Waals surface area contributed by atoms with Crippen LogP contribution in [0, 0.1) is 0 Å². The smallest absolute Gasteiger partial charge is 0.260 e. The Labute approximate surface area is 202 Å². The van der Waals surface area contributed by atoms with E-state index in [1.54, 1.807) is 11.3 Å². The number of thiophene rings is 2. The third kappa shape index (κ3) is 4.98. The van der Waals surface area contributed by atoms with Crippen molar-refractivity contribution in [1.29, 1.82) is 0 Å². The molecule has 2 N–H and O–H groups in total. The fourth-order valence-corrected chi connectivity index (χ4v) is 6.23. The van der Waals surface area contributed by atoms with Gasteiger partial charge in [-0.05, 0) is 23.6 Å². The van der Waals surface area contributed by atoms with Crippen molar-refractivity contribution >= 4 is 61.9 Å². The number of benzene rings is 1. The molecule has 1 fully saturated rings. The first kappa shape index (κ1) is 22.1. The number of rotatable bonds is 7. The number of anilines is 2. The summed E-state index contributed by atoms with van der Waals surface area (Å²) in [5.41, 5.74) is 2.60. The van der Waals surface area contributed by atoms with E-state index in [1.807, 2.05) is 47.2 Å².